The summed E-state index contributed by atoms with van der Waals surface area (Å²) in [5.74, 6) is 0.916. The number of aryl methyl sites for hydroxylation is 2. The Morgan fingerprint density at radius 3 is 2.56 bits per heavy atom. The predicted molar refractivity (Wildman–Crippen MR) is 74.6 cm³/mol. The molecule has 0 fully saturated rings. The standard InChI is InChI=1S/C16H19NO/c1-12-4-3-5-15(8-12)11-18-16-9-14(10-17)7-6-13(16)2/h3-9H,10-11,17H2,1-2H3. The van der Waals surface area contributed by atoms with E-state index in [1.165, 1.54) is 11.1 Å². The zero-order valence-electron chi connectivity index (χ0n) is 10.9. The van der Waals surface area contributed by atoms with Gasteiger partial charge in [-0.2, -0.15) is 0 Å². The summed E-state index contributed by atoms with van der Waals surface area (Å²) in [5, 5.41) is 0. The van der Waals surface area contributed by atoms with Crippen molar-refractivity contribution in [3.63, 3.8) is 0 Å². The average molecular weight is 241 g/mol. The van der Waals surface area contributed by atoms with Crippen LogP contribution in [0, 0.1) is 13.8 Å². The Hall–Kier alpha value is -1.80. The monoisotopic (exact) mass is 241 g/mol. The molecular weight excluding hydrogens is 222 g/mol. The summed E-state index contributed by atoms with van der Waals surface area (Å²) in [6, 6.07) is 14.5. The molecule has 0 aromatic heterocycles. The number of nitrogens with two attached hydrogens (primary N) is 1. The molecule has 2 N–H and O–H groups in total. The Morgan fingerprint density at radius 2 is 1.83 bits per heavy atom. The molecule has 2 nitrogen and oxygen atoms in total. The van der Waals surface area contributed by atoms with Crippen LogP contribution in [0.15, 0.2) is 42.5 Å². The van der Waals surface area contributed by atoms with E-state index in [9.17, 15) is 0 Å². The number of ether oxygens (including phenoxy) is 1. The van der Waals surface area contributed by atoms with E-state index in [-0.39, 0.29) is 0 Å². The highest BCUT2D eigenvalue weighted by atomic mass is 16.5. The van der Waals surface area contributed by atoms with Crippen molar-refractivity contribution in [3.8, 4) is 5.75 Å². The molecular formula is C16H19NO. The van der Waals surface area contributed by atoms with Gasteiger partial charge >= 0.3 is 0 Å². The highest BCUT2D eigenvalue weighted by molar-refractivity contribution is 5.36. The molecule has 2 rings (SSSR count). The molecule has 0 amide bonds. The molecule has 0 aliphatic rings. The zero-order chi connectivity index (χ0) is 13.0. The van der Waals surface area contributed by atoms with Crippen LogP contribution in [0.4, 0.5) is 0 Å². The molecule has 0 saturated carbocycles. The van der Waals surface area contributed by atoms with Crippen LogP contribution in [0.2, 0.25) is 0 Å². The number of benzene rings is 2. The Balaban J connectivity index is 2.10. The molecule has 2 aromatic rings. The van der Waals surface area contributed by atoms with Crippen LogP contribution in [-0.2, 0) is 13.2 Å². The van der Waals surface area contributed by atoms with Crippen LogP contribution in [0.1, 0.15) is 22.3 Å². The van der Waals surface area contributed by atoms with E-state index >= 15 is 0 Å². The molecule has 0 bridgehead atoms. The number of rotatable bonds is 4. The van der Waals surface area contributed by atoms with Gasteiger partial charge in [0.1, 0.15) is 12.4 Å². The van der Waals surface area contributed by atoms with E-state index in [4.69, 9.17) is 10.5 Å². The second-order valence-electron chi connectivity index (χ2n) is 4.58. The SMILES string of the molecule is Cc1cccc(COc2cc(CN)ccc2C)c1. The van der Waals surface area contributed by atoms with Gasteiger partial charge in [0, 0.05) is 6.54 Å². The Bertz CT molecular complexity index is 534. The van der Waals surface area contributed by atoms with E-state index in [1.54, 1.807) is 0 Å². The molecule has 0 atom stereocenters. The molecule has 0 radical (unpaired) electrons. The molecule has 18 heavy (non-hydrogen) atoms. The molecule has 94 valence electrons. The first kappa shape index (κ1) is 12.7. The minimum atomic E-state index is 0.543. The first-order valence-corrected chi connectivity index (χ1v) is 6.17. The van der Waals surface area contributed by atoms with Crippen molar-refractivity contribution in [2.45, 2.75) is 27.0 Å². The summed E-state index contributed by atoms with van der Waals surface area (Å²) in [5.41, 5.74) is 10.3. The van der Waals surface area contributed by atoms with E-state index in [2.05, 4.69) is 31.2 Å². The van der Waals surface area contributed by atoms with Crippen LogP contribution in [-0.4, -0.2) is 0 Å². The second-order valence-corrected chi connectivity index (χ2v) is 4.58. The second kappa shape index (κ2) is 5.69. The summed E-state index contributed by atoms with van der Waals surface area (Å²) < 4.78 is 5.86. The van der Waals surface area contributed by atoms with Gasteiger partial charge in [-0.15, -0.1) is 0 Å². The maximum atomic E-state index is 5.86. The fourth-order valence-corrected chi connectivity index (χ4v) is 1.89. The molecule has 0 aliphatic heterocycles. The van der Waals surface area contributed by atoms with Gasteiger partial charge in [0.15, 0.2) is 0 Å². The van der Waals surface area contributed by atoms with Gasteiger partial charge in [-0.25, -0.2) is 0 Å². The van der Waals surface area contributed by atoms with Gasteiger partial charge in [0.2, 0.25) is 0 Å². The lowest BCUT2D eigenvalue weighted by Gasteiger charge is -2.11. The fourth-order valence-electron chi connectivity index (χ4n) is 1.89. The molecule has 0 aliphatic carbocycles. The van der Waals surface area contributed by atoms with Crippen LogP contribution in [0.5, 0.6) is 5.75 Å². The lowest BCUT2D eigenvalue weighted by molar-refractivity contribution is 0.303. The van der Waals surface area contributed by atoms with Gasteiger partial charge in [-0.05, 0) is 36.6 Å². The summed E-state index contributed by atoms with van der Waals surface area (Å²) in [6.45, 7) is 5.27. The van der Waals surface area contributed by atoms with Crippen LogP contribution >= 0.6 is 0 Å². The van der Waals surface area contributed by atoms with E-state index in [1.807, 2.05) is 25.1 Å². The van der Waals surface area contributed by atoms with Gasteiger partial charge < -0.3 is 10.5 Å². The van der Waals surface area contributed by atoms with E-state index < -0.39 is 0 Å². The third kappa shape index (κ3) is 3.11. The lowest BCUT2D eigenvalue weighted by atomic mass is 10.1. The van der Waals surface area contributed by atoms with Crippen molar-refractivity contribution < 1.29 is 4.74 Å². The highest BCUT2D eigenvalue weighted by Crippen LogP contribution is 2.20. The minimum Gasteiger partial charge on any atom is -0.489 e. The summed E-state index contributed by atoms with van der Waals surface area (Å²) in [4.78, 5) is 0. The Kier molecular flexibility index (Phi) is 4.00. The lowest BCUT2D eigenvalue weighted by Crippen LogP contribution is -2.00. The minimum absolute atomic E-state index is 0.543. The molecule has 0 saturated heterocycles. The van der Waals surface area contributed by atoms with Crippen LogP contribution in [0.3, 0.4) is 0 Å². The molecule has 0 spiro atoms. The fraction of sp³-hybridized carbons (Fsp3) is 0.250. The first-order chi connectivity index (χ1) is 8.69. The summed E-state index contributed by atoms with van der Waals surface area (Å²) in [6.07, 6.45) is 0. The largest absolute Gasteiger partial charge is 0.489 e. The van der Waals surface area contributed by atoms with Crippen molar-refractivity contribution in [1.29, 1.82) is 0 Å². The average Bonchev–Trinajstić information content (AvgIpc) is 2.38. The highest BCUT2D eigenvalue weighted by Gasteiger charge is 2.02. The van der Waals surface area contributed by atoms with Crippen LogP contribution in [0.25, 0.3) is 0 Å². The summed E-state index contributed by atoms with van der Waals surface area (Å²) in [7, 11) is 0. The Morgan fingerprint density at radius 1 is 1.00 bits per heavy atom. The molecule has 0 heterocycles. The van der Waals surface area contributed by atoms with E-state index in [0.717, 1.165) is 16.9 Å². The van der Waals surface area contributed by atoms with E-state index in [0.29, 0.717) is 13.2 Å². The third-order valence-corrected chi connectivity index (χ3v) is 2.97. The smallest absolute Gasteiger partial charge is 0.123 e. The normalized spacial score (nSPS) is 10.4. The predicted octanol–water partition coefficient (Wildman–Crippen LogP) is 3.34. The molecule has 2 heteroatoms. The topological polar surface area (TPSA) is 35.2 Å². The number of hydrogen-bond acceptors (Lipinski definition) is 2. The van der Waals surface area contributed by atoms with Crippen molar-refractivity contribution in [1.82, 2.24) is 0 Å². The molecule has 2 aromatic carbocycles. The van der Waals surface area contributed by atoms with Crippen LogP contribution < -0.4 is 10.5 Å². The summed E-state index contributed by atoms with van der Waals surface area (Å²) >= 11 is 0. The number of hydrogen-bond donors (Lipinski definition) is 1. The van der Waals surface area contributed by atoms with Gasteiger partial charge in [0.05, 0.1) is 0 Å². The van der Waals surface area contributed by atoms with Gasteiger partial charge in [0.25, 0.3) is 0 Å². The van der Waals surface area contributed by atoms with Gasteiger partial charge in [-0.1, -0.05) is 42.0 Å². The zero-order valence-corrected chi connectivity index (χ0v) is 10.9. The van der Waals surface area contributed by atoms with Gasteiger partial charge in [-0.3, -0.25) is 0 Å². The quantitative estimate of drug-likeness (QED) is 0.891. The van der Waals surface area contributed by atoms with Crippen molar-refractivity contribution in [3.05, 3.63) is 64.7 Å². The van der Waals surface area contributed by atoms with Crippen molar-refractivity contribution >= 4 is 0 Å². The third-order valence-electron chi connectivity index (χ3n) is 2.97. The Labute approximate surface area is 108 Å². The maximum absolute atomic E-state index is 5.86. The maximum Gasteiger partial charge on any atom is 0.123 e. The van der Waals surface area contributed by atoms with Crippen molar-refractivity contribution in [2.24, 2.45) is 5.73 Å². The van der Waals surface area contributed by atoms with Crippen molar-refractivity contribution in [2.75, 3.05) is 0 Å². The molecule has 0 unspecified atom stereocenters. The first-order valence-electron chi connectivity index (χ1n) is 6.17.